The molecule has 1 atom stereocenters. The third-order valence-corrected chi connectivity index (χ3v) is 4.14. The van der Waals surface area contributed by atoms with E-state index >= 15 is 0 Å². The first kappa shape index (κ1) is 18.2. The van der Waals surface area contributed by atoms with E-state index in [2.05, 4.69) is 31.4 Å². The maximum atomic E-state index is 11.7. The number of fused-ring (bicyclic) bond motifs is 1. The molecule has 142 valence electrons. The van der Waals surface area contributed by atoms with E-state index in [1.807, 2.05) is 54.6 Å². The molecule has 9 nitrogen and oxygen atoms in total. The fraction of sp³-hybridized carbons (Fsp3) is 0.150. The standard InChI is InChI=1S/C20H15N7O2/c1-13(28)12-27-17-10-6-5-9-15(17)22-19(27)16(11-21)24-25-20-23-18(26-29-20)14-7-3-2-4-8-14/h2-10,16H,12H2,1H3. The number of ketones is 1. The molecule has 0 spiro atoms. The lowest BCUT2D eigenvalue weighted by Crippen LogP contribution is -2.11. The van der Waals surface area contributed by atoms with Crippen LogP contribution >= 0.6 is 0 Å². The molecule has 0 N–H and O–H groups in total. The summed E-state index contributed by atoms with van der Waals surface area (Å²) in [4.78, 5) is 20.4. The normalized spacial score (nSPS) is 12.3. The van der Waals surface area contributed by atoms with Gasteiger partial charge >= 0.3 is 6.01 Å². The van der Waals surface area contributed by atoms with Gasteiger partial charge in [-0.2, -0.15) is 15.4 Å². The van der Waals surface area contributed by atoms with E-state index in [9.17, 15) is 10.1 Å². The molecule has 0 fully saturated rings. The van der Waals surface area contributed by atoms with Gasteiger partial charge in [-0.05, 0) is 19.1 Å². The van der Waals surface area contributed by atoms with E-state index in [1.54, 1.807) is 4.57 Å². The maximum absolute atomic E-state index is 11.7. The molecular weight excluding hydrogens is 370 g/mol. The Labute approximate surface area is 165 Å². The topological polar surface area (TPSA) is 122 Å². The highest BCUT2D eigenvalue weighted by Crippen LogP contribution is 2.25. The Morgan fingerprint density at radius 3 is 2.69 bits per heavy atom. The first-order valence-electron chi connectivity index (χ1n) is 8.80. The average molecular weight is 385 g/mol. The number of benzene rings is 2. The van der Waals surface area contributed by atoms with Gasteiger partial charge in [-0.15, -0.1) is 0 Å². The number of nitrogens with zero attached hydrogens (tertiary/aromatic N) is 7. The number of hydrogen-bond acceptors (Lipinski definition) is 8. The van der Waals surface area contributed by atoms with E-state index in [-0.39, 0.29) is 18.3 Å². The Balaban J connectivity index is 1.66. The number of carbonyl (C=O) groups excluding carboxylic acids is 1. The van der Waals surface area contributed by atoms with Gasteiger partial charge in [0, 0.05) is 5.56 Å². The zero-order valence-corrected chi connectivity index (χ0v) is 15.4. The van der Waals surface area contributed by atoms with Crippen molar-refractivity contribution >= 4 is 22.8 Å². The molecule has 2 aromatic carbocycles. The second kappa shape index (κ2) is 7.82. The largest absolute Gasteiger partial charge is 0.366 e. The number of carbonyl (C=O) groups is 1. The third-order valence-electron chi connectivity index (χ3n) is 4.14. The maximum Gasteiger partial charge on any atom is 0.366 e. The van der Waals surface area contributed by atoms with Gasteiger partial charge in [0.2, 0.25) is 11.9 Å². The van der Waals surface area contributed by atoms with Crippen LogP contribution in [-0.2, 0) is 11.3 Å². The Morgan fingerprint density at radius 1 is 1.17 bits per heavy atom. The molecule has 4 rings (SSSR count). The summed E-state index contributed by atoms with van der Waals surface area (Å²) in [6.45, 7) is 1.56. The van der Waals surface area contributed by atoms with Gasteiger partial charge in [0.15, 0.2) is 5.82 Å². The molecule has 0 saturated heterocycles. The van der Waals surface area contributed by atoms with Crippen molar-refractivity contribution in [1.82, 2.24) is 19.7 Å². The van der Waals surface area contributed by atoms with Crippen LogP contribution in [0.4, 0.5) is 6.01 Å². The summed E-state index contributed by atoms with van der Waals surface area (Å²) in [5.74, 6) is 0.639. The predicted molar refractivity (Wildman–Crippen MR) is 103 cm³/mol. The number of aromatic nitrogens is 4. The fourth-order valence-electron chi connectivity index (χ4n) is 2.89. The van der Waals surface area contributed by atoms with Crippen molar-refractivity contribution in [2.75, 3.05) is 0 Å². The zero-order chi connectivity index (χ0) is 20.2. The molecular formula is C20H15N7O2. The van der Waals surface area contributed by atoms with Gasteiger partial charge in [-0.3, -0.25) is 4.79 Å². The minimum Gasteiger partial charge on any atom is -0.318 e. The summed E-state index contributed by atoms with van der Waals surface area (Å²) in [5, 5.41) is 21.4. The molecule has 2 aromatic heterocycles. The van der Waals surface area contributed by atoms with Crippen LogP contribution in [0.15, 0.2) is 69.3 Å². The van der Waals surface area contributed by atoms with Crippen molar-refractivity contribution < 1.29 is 9.32 Å². The van der Waals surface area contributed by atoms with Gasteiger partial charge in [-0.1, -0.05) is 52.7 Å². The highest BCUT2D eigenvalue weighted by Gasteiger charge is 2.21. The monoisotopic (exact) mass is 385 g/mol. The molecule has 0 amide bonds. The lowest BCUT2D eigenvalue weighted by Gasteiger charge is -2.07. The van der Waals surface area contributed by atoms with Gasteiger partial charge in [0.25, 0.3) is 0 Å². The molecule has 1 unspecified atom stereocenters. The first-order valence-corrected chi connectivity index (χ1v) is 8.80. The summed E-state index contributed by atoms with van der Waals surface area (Å²) in [6.07, 6.45) is 0. The number of para-hydroxylation sites is 2. The number of rotatable bonds is 6. The molecule has 9 heteroatoms. The summed E-state index contributed by atoms with van der Waals surface area (Å²) in [7, 11) is 0. The Hall–Kier alpha value is -4.19. The van der Waals surface area contributed by atoms with Crippen LogP contribution in [0.3, 0.4) is 0 Å². The fourth-order valence-corrected chi connectivity index (χ4v) is 2.89. The minimum atomic E-state index is -1.03. The summed E-state index contributed by atoms with van der Waals surface area (Å²) in [6, 6.07) is 17.6. The second-order valence-corrected chi connectivity index (χ2v) is 6.26. The highest BCUT2D eigenvalue weighted by atomic mass is 16.5. The van der Waals surface area contributed by atoms with Crippen molar-refractivity contribution in [2.45, 2.75) is 19.5 Å². The highest BCUT2D eigenvalue weighted by molar-refractivity contribution is 5.81. The predicted octanol–water partition coefficient (Wildman–Crippen LogP) is 4.02. The van der Waals surface area contributed by atoms with Gasteiger partial charge in [0.1, 0.15) is 5.78 Å². The molecule has 0 bridgehead atoms. The average Bonchev–Trinajstić information content (AvgIpc) is 3.35. The van der Waals surface area contributed by atoms with Crippen LogP contribution in [0, 0.1) is 11.3 Å². The smallest absolute Gasteiger partial charge is 0.318 e. The van der Waals surface area contributed by atoms with Crippen LogP contribution in [0.2, 0.25) is 0 Å². The third kappa shape index (κ3) is 3.77. The molecule has 0 aliphatic heterocycles. The van der Waals surface area contributed by atoms with Crippen LogP contribution in [0.1, 0.15) is 18.8 Å². The molecule has 4 aromatic rings. The summed E-state index contributed by atoms with van der Waals surface area (Å²) in [5.41, 5.74) is 2.19. The first-order chi connectivity index (χ1) is 14.2. The van der Waals surface area contributed by atoms with E-state index in [1.165, 1.54) is 6.92 Å². The Kier molecular flexibility index (Phi) is 4.90. The quantitative estimate of drug-likeness (QED) is 0.462. The minimum absolute atomic E-state index is 0.0626. The van der Waals surface area contributed by atoms with Gasteiger partial charge in [-0.25, -0.2) is 4.98 Å². The Morgan fingerprint density at radius 2 is 1.93 bits per heavy atom. The van der Waals surface area contributed by atoms with Crippen molar-refractivity contribution in [1.29, 1.82) is 5.26 Å². The zero-order valence-electron chi connectivity index (χ0n) is 15.4. The number of hydrogen-bond donors (Lipinski definition) is 0. The van der Waals surface area contributed by atoms with Crippen LogP contribution in [0.5, 0.6) is 0 Å². The molecule has 2 heterocycles. The molecule has 0 radical (unpaired) electrons. The van der Waals surface area contributed by atoms with Crippen molar-refractivity contribution in [3.05, 3.63) is 60.4 Å². The molecule has 0 aliphatic carbocycles. The van der Waals surface area contributed by atoms with Gasteiger partial charge in [0.05, 0.1) is 23.6 Å². The van der Waals surface area contributed by atoms with E-state index in [0.29, 0.717) is 17.2 Å². The molecule has 29 heavy (non-hydrogen) atoms. The van der Waals surface area contributed by atoms with Crippen molar-refractivity contribution in [3.63, 3.8) is 0 Å². The van der Waals surface area contributed by atoms with E-state index in [4.69, 9.17) is 4.52 Å². The Bertz CT molecular complexity index is 1230. The lowest BCUT2D eigenvalue weighted by molar-refractivity contribution is -0.117. The SMILES string of the molecule is CC(=O)Cn1c(C(C#N)N=Nc2nc(-c3ccccc3)no2)nc2ccccc21. The van der Waals surface area contributed by atoms with Gasteiger partial charge < -0.3 is 9.09 Å². The van der Waals surface area contributed by atoms with Crippen LogP contribution < -0.4 is 0 Å². The number of imidazole rings is 1. The molecule has 0 saturated carbocycles. The summed E-state index contributed by atoms with van der Waals surface area (Å²) >= 11 is 0. The summed E-state index contributed by atoms with van der Waals surface area (Å²) < 4.78 is 6.77. The van der Waals surface area contributed by atoms with E-state index in [0.717, 1.165) is 11.1 Å². The van der Waals surface area contributed by atoms with Crippen LogP contribution in [-0.4, -0.2) is 25.5 Å². The second-order valence-electron chi connectivity index (χ2n) is 6.26. The van der Waals surface area contributed by atoms with Crippen molar-refractivity contribution in [3.8, 4) is 17.5 Å². The van der Waals surface area contributed by atoms with Crippen LogP contribution in [0.25, 0.3) is 22.4 Å². The number of nitriles is 1. The van der Waals surface area contributed by atoms with E-state index < -0.39 is 6.04 Å². The molecule has 0 aliphatic rings. The van der Waals surface area contributed by atoms with Crippen molar-refractivity contribution in [2.24, 2.45) is 10.2 Å². The lowest BCUT2D eigenvalue weighted by atomic mass is 10.2. The number of Topliss-reactive ketones (excluding diaryl/α,β-unsaturated/α-hetero) is 1. The number of azo groups is 1.